The summed E-state index contributed by atoms with van der Waals surface area (Å²) < 4.78 is 47.0. The van der Waals surface area contributed by atoms with Crippen LogP contribution >= 0.6 is 0 Å². The average molecular weight is 476 g/mol. The van der Waals surface area contributed by atoms with Crippen molar-refractivity contribution < 1.29 is 42.4 Å². The van der Waals surface area contributed by atoms with Gasteiger partial charge in [0.05, 0.1) is 25.9 Å². The molecule has 0 aliphatic carbocycles. The molecule has 1 N–H and O–H groups in total. The first-order valence-corrected chi connectivity index (χ1v) is 11.0. The maximum absolute atomic E-state index is 12.9. The van der Waals surface area contributed by atoms with Crippen molar-refractivity contribution in [1.82, 2.24) is 4.90 Å². The third-order valence-corrected chi connectivity index (χ3v) is 4.40. The molecule has 1 atom stereocenters. The lowest BCUT2D eigenvalue weighted by Crippen LogP contribution is -2.38. The van der Waals surface area contributed by atoms with E-state index in [1.165, 1.54) is 4.90 Å². The van der Waals surface area contributed by atoms with E-state index >= 15 is 0 Å². The highest BCUT2D eigenvalue weighted by Gasteiger charge is 2.21. The van der Waals surface area contributed by atoms with Crippen molar-refractivity contribution in [2.45, 2.75) is 58.7 Å². The van der Waals surface area contributed by atoms with Crippen LogP contribution in [0.4, 0.5) is 13.6 Å². The number of aliphatic carboxylic acids is 1. The smallest absolute Gasteiger partial charge is 0.410 e. The highest BCUT2D eigenvalue weighted by Crippen LogP contribution is 2.16. The van der Waals surface area contributed by atoms with Crippen molar-refractivity contribution in [2.24, 2.45) is 0 Å². The molecular formula is C23H35F2NO7. The summed E-state index contributed by atoms with van der Waals surface area (Å²) in [6, 6.07) is 6.94. The summed E-state index contributed by atoms with van der Waals surface area (Å²) in [6.07, 6.45) is -1.90. The molecule has 1 aromatic rings. The molecule has 33 heavy (non-hydrogen) atoms. The van der Waals surface area contributed by atoms with Gasteiger partial charge in [-0.25, -0.2) is 18.4 Å². The first-order valence-electron chi connectivity index (χ1n) is 11.0. The molecule has 1 rings (SSSR count). The lowest BCUT2D eigenvalue weighted by atomic mass is 10.1. The largest absolute Gasteiger partial charge is 0.492 e. The molecule has 188 valence electrons. The Hall–Kier alpha value is -2.46. The van der Waals surface area contributed by atoms with Gasteiger partial charge in [0, 0.05) is 26.0 Å². The van der Waals surface area contributed by atoms with Crippen LogP contribution < -0.4 is 4.74 Å². The lowest BCUT2D eigenvalue weighted by molar-refractivity contribution is -0.149. The molecule has 0 aromatic heterocycles. The lowest BCUT2D eigenvalue weighted by Gasteiger charge is -2.23. The molecule has 0 heterocycles. The molecule has 0 saturated carbocycles. The second-order valence-electron chi connectivity index (χ2n) is 7.83. The molecule has 1 aromatic carbocycles. The van der Waals surface area contributed by atoms with Gasteiger partial charge in [0.15, 0.2) is 6.10 Å². The number of carboxylic acid groups (broad SMARTS) is 1. The van der Waals surface area contributed by atoms with Crippen molar-refractivity contribution in [3.63, 3.8) is 0 Å². The van der Waals surface area contributed by atoms with Crippen LogP contribution in [-0.4, -0.2) is 79.7 Å². The molecule has 0 bridgehead atoms. The fraction of sp³-hybridized carbons (Fsp3) is 0.652. The van der Waals surface area contributed by atoms with Crippen molar-refractivity contribution in [1.29, 1.82) is 0 Å². The Morgan fingerprint density at radius 2 is 1.73 bits per heavy atom. The van der Waals surface area contributed by atoms with Gasteiger partial charge in [-0.05, 0) is 45.4 Å². The van der Waals surface area contributed by atoms with Gasteiger partial charge in [0.25, 0.3) is 0 Å². The zero-order valence-electron chi connectivity index (χ0n) is 19.7. The number of hydrogen-bond acceptors (Lipinski definition) is 6. The number of ether oxygens (including phenoxy) is 4. The van der Waals surface area contributed by atoms with E-state index in [2.05, 4.69) is 0 Å². The Labute approximate surface area is 193 Å². The van der Waals surface area contributed by atoms with Crippen LogP contribution in [0.1, 0.15) is 39.7 Å². The van der Waals surface area contributed by atoms with Gasteiger partial charge in [-0.1, -0.05) is 12.1 Å². The van der Waals surface area contributed by atoms with Crippen molar-refractivity contribution >= 4 is 12.1 Å². The topological polar surface area (TPSA) is 94.5 Å². The number of hydrogen-bond donors (Lipinski definition) is 1. The Kier molecular flexibility index (Phi) is 12.7. The standard InChI is InChI=1S/C23H35F2NO7/c1-5-31-20(21(27)28)16-18-6-8-19(9-7-18)32-15-12-26(22(29)33-17(2)3)11-14-30-13-10-23(4,24)25/h6-9,17,20H,5,10-16H2,1-4H3,(H,27,28). The summed E-state index contributed by atoms with van der Waals surface area (Å²) in [6.45, 7) is 6.90. The second kappa shape index (κ2) is 14.6. The summed E-state index contributed by atoms with van der Waals surface area (Å²) in [5, 5.41) is 9.18. The molecule has 1 unspecified atom stereocenters. The van der Waals surface area contributed by atoms with E-state index in [0.29, 0.717) is 12.4 Å². The van der Waals surface area contributed by atoms with E-state index in [9.17, 15) is 23.5 Å². The first-order chi connectivity index (χ1) is 15.5. The van der Waals surface area contributed by atoms with E-state index in [4.69, 9.17) is 18.9 Å². The Bertz CT molecular complexity index is 708. The van der Waals surface area contributed by atoms with Crippen molar-refractivity contribution in [3.8, 4) is 5.75 Å². The number of carbonyl (C=O) groups is 2. The van der Waals surface area contributed by atoms with Crippen molar-refractivity contribution in [2.75, 3.05) is 39.5 Å². The first kappa shape index (κ1) is 28.6. The summed E-state index contributed by atoms with van der Waals surface area (Å²) in [5.41, 5.74) is 0.792. The van der Waals surface area contributed by atoms with E-state index < -0.39 is 24.1 Å². The minimum absolute atomic E-state index is 0.0997. The number of rotatable bonds is 16. The number of benzene rings is 1. The number of carboxylic acids is 1. The molecule has 0 spiro atoms. The highest BCUT2D eigenvalue weighted by atomic mass is 19.3. The van der Waals surface area contributed by atoms with Gasteiger partial charge in [0.1, 0.15) is 12.4 Å². The normalized spacial score (nSPS) is 12.5. The number of halogens is 2. The predicted octanol–water partition coefficient (Wildman–Crippen LogP) is 4.01. The fourth-order valence-electron chi connectivity index (χ4n) is 2.73. The number of carbonyl (C=O) groups excluding carboxylic acids is 1. The van der Waals surface area contributed by atoms with Crippen LogP contribution in [0.3, 0.4) is 0 Å². The maximum Gasteiger partial charge on any atom is 0.410 e. The second-order valence-corrected chi connectivity index (χ2v) is 7.83. The van der Waals surface area contributed by atoms with Crippen LogP contribution in [-0.2, 0) is 25.4 Å². The summed E-state index contributed by atoms with van der Waals surface area (Å²) in [7, 11) is 0. The molecular weight excluding hydrogens is 440 g/mol. The van der Waals surface area contributed by atoms with Gasteiger partial charge in [-0.15, -0.1) is 0 Å². The van der Waals surface area contributed by atoms with E-state index in [-0.39, 0.29) is 51.9 Å². The number of alkyl halides is 2. The van der Waals surface area contributed by atoms with Crippen LogP contribution in [0.5, 0.6) is 5.75 Å². The zero-order valence-corrected chi connectivity index (χ0v) is 19.7. The van der Waals surface area contributed by atoms with E-state index in [0.717, 1.165) is 12.5 Å². The molecule has 0 fully saturated rings. The highest BCUT2D eigenvalue weighted by molar-refractivity contribution is 5.72. The van der Waals surface area contributed by atoms with E-state index in [1.54, 1.807) is 45.0 Å². The summed E-state index contributed by atoms with van der Waals surface area (Å²) in [4.78, 5) is 24.9. The fourth-order valence-corrected chi connectivity index (χ4v) is 2.73. The van der Waals surface area contributed by atoms with E-state index in [1.807, 2.05) is 0 Å². The number of amides is 1. The summed E-state index contributed by atoms with van der Waals surface area (Å²) >= 11 is 0. The minimum atomic E-state index is -2.79. The molecule has 8 nitrogen and oxygen atoms in total. The van der Waals surface area contributed by atoms with Gasteiger partial charge in [-0.2, -0.15) is 0 Å². The third-order valence-electron chi connectivity index (χ3n) is 4.40. The van der Waals surface area contributed by atoms with Gasteiger partial charge in [-0.3, -0.25) is 0 Å². The monoisotopic (exact) mass is 475 g/mol. The van der Waals surface area contributed by atoms with Crippen LogP contribution in [0, 0.1) is 0 Å². The zero-order chi connectivity index (χ0) is 24.9. The SMILES string of the molecule is CCOC(Cc1ccc(OCCN(CCOCCC(C)(F)F)C(=O)OC(C)C)cc1)C(=O)O. The predicted molar refractivity (Wildman–Crippen MR) is 118 cm³/mol. The molecule has 1 amide bonds. The van der Waals surface area contributed by atoms with Crippen LogP contribution in [0.15, 0.2) is 24.3 Å². The van der Waals surface area contributed by atoms with Gasteiger partial charge >= 0.3 is 12.1 Å². The Morgan fingerprint density at radius 3 is 2.27 bits per heavy atom. The summed E-state index contributed by atoms with van der Waals surface area (Å²) in [5.74, 6) is -3.25. The van der Waals surface area contributed by atoms with Crippen LogP contribution in [0.25, 0.3) is 0 Å². The van der Waals surface area contributed by atoms with Crippen LogP contribution in [0.2, 0.25) is 0 Å². The quantitative estimate of drug-likeness (QED) is 0.361. The van der Waals surface area contributed by atoms with Gasteiger partial charge in [0.2, 0.25) is 5.92 Å². The molecule has 0 radical (unpaired) electrons. The average Bonchev–Trinajstić information content (AvgIpc) is 2.71. The molecule has 0 aliphatic heterocycles. The van der Waals surface area contributed by atoms with Crippen molar-refractivity contribution in [3.05, 3.63) is 29.8 Å². The molecule has 0 saturated heterocycles. The minimum Gasteiger partial charge on any atom is -0.492 e. The third kappa shape index (κ3) is 13.0. The maximum atomic E-state index is 12.9. The Balaban J connectivity index is 2.53. The molecule has 10 heteroatoms. The number of nitrogens with zero attached hydrogens (tertiary/aromatic N) is 1. The Morgan fingerprint density at radius 1 is 1.09 bits per heavy atom. The van der Waals surface area contributed by atoms with Gasteiger partial charge < -0.3 is 29.0 Å². The molecule has 0 aliphatic rings.